The van der Waals surface area contributed by atoms with E-state index in [4.69, 9.17) is 11.6 Å². The lowest BCUT2D eigenvalue weighted by Crippen LogP contribution is -2.45. The normalized spacial score (nSPS) is 18.4. The first kappa shape index (κ1) is 19.2. The number of benzene rings is 1. The Morgan fingerprint density at radius 3 is 2.52 bits per heavy atom. The van der Waals surface area contributed by atoms with Crippen LogP contribution in [0, 0.1) is 5.92 Å². The molecule has 1 aliphatic heterocycles. The number of halogens is 1. The molecule has 25 heavy (non-hydrogen) atoms. The van der Waals surface area contributed by atoms with Gasteiger partial charge in [-0.25, -0.2) is 8.42 Å². The van der Waals surface area contributed by atoms with Gasteiger partial charge in [-0.3, -0.25) is 25.2 Å². The van der Waals surface area contributed by atoms with Gasteiger partial charge in [0.25, 0.3) is 5.91 Å². The minimum Gasteiger partial charge on any atom is -0.351 e. The predicted octanol–water partition coefficient (Wildman–Crippen LogP) is 0.0420. The summed E-state index contributed by atoms with van der Waals surface area (Å²) < 4.78 is 22.6. The van der Waals surface area contributed by atoms with Gasteiger partial charge in [-0.1, -0.05) is 23.7 Å². The molecule has 0 aromatic heterocycles. The van der Waals surface area contributed by atoms with Crippen LogP contribution < -0.4 is 16.2 Å². The van der Waals surface area contributed by atoms with Gasteiger partial charge in [0.05, 0.1) is 28.0 Å². The van der Waals surface area contributed by atoms with E-state index in [0.717, 1.165) is 0 Å². The van der Waals surface area contributed by atoms with E-state index in [1.54, 1.807) is 24.3 Å². The molecule has 0 bridgehead atoms. The molecule has 1 aromatic rings. The third-order valence-corrected chi connectivity index (χ3v) is 5.78. The van der Waals surface area contributed by atoms with E-state index in [9.17, 15) is 22.8 Å². The zero-order valence-electron chi connectivity index (χ0n) is 13.2. The van der Waals surface area contributed by atoms with Gasteiger partial charge in [0.2, 0.25) is 11.8 Å². The van der Waals surface area contributed by atoms with E-state index >= 15 is 0 Å². The maximum absolute atomic E-state index is 11.9. The molecule has 1 heterocycles. The van der Waals surface area contributed by atoms with Crippen molar-refractivity contribution in [1.82, 2.24) is 16.2 Å². The molecule has 3 amide bonds. The first-order valence-electron chi connectivity index (χ1n) is 7.60. The highest BCUT2D eigenvalue weighted by Crippen LogP contribution is 2.18. The van der Waals surface area contributed by atoms with Gasteiger partial charge in [0.1, 0.15) is 0 Å². The van der Waals surface area contributed by atoms with E-state index in [0.29, 0.717) is 10.6 Å². The molecule has 1 atom stereocenters. The van der Waals surface area contributed by atoms with Crippen LogP contribution >= 0.6 is 11.6 Å². The molecule has 136 valence electrons. The molecule has 1 aromatic carbocycles. The summed E-state index contributed by atoms with van der Waals surface area (Å²) in [6.07, 6.45) is 0.192. The van der Waals surface area contributed by atoms with Crippen LogP contribution in [0.25, 0.3) is 0 Å². The fourth-order valence-electron chi connectivity index (χ4n) is 2.33. The summed E-state index contributed by atoms with van der Waals surface area (Å²) in [6.45, 7) is 0.0591. The van der Waals surface area contributed by atoms with E-state index in [1.807, 2.05) is 0 Å². The topological polar surface area (TPSA) is 121 Å². The smallest absolute Gasteiger partial charge is 0.252 e. The van der Waals surface area contributed by atoms with Crippen molar-refractivity contribution in [3.63, 3.8) is 0 Å². The maximum Gasteiger partial charge on any atom is 0.252 e. The van der Waals surface area contributed by atoms with Gasteiger partial charge in [-0.05, 0) is 18.6 Å². The maximum atomic E-state index is 11.9. The average Bonchev–Trinajstić information content (AvgIpc) is 2.93. The lowest BCUT2D eigenvalue weighted by molar-refractivity contribution is -0.130. The van der Waals surface area contributed by atoms with Gasteiger partial charge in [0, 0.05) is 13.0 Å². The Bertz CT molecular complexity index is 781. The molecule has 0 spiro atoms. The van der Waals surface area contributed by atoms with Crippen LogP contribution in [-0.2, 0) is 19.4 Å². The molecule has 1 aliphatic rings. The highest BCUT2D eigenvalue weighted by molar-refractivity contribution is 7.91. The minimum atomic E-state index is -3.16. The minimum absolute atomic E-state index is 0.0207. The molecule has 0 radical (unpaired) electrons. The summed E-state index contributed by atoms with van der Waals surface area (Å²) in [5, 5.41) is 2.86. The van der Waals surface area contributed by atoms with Crippen LogP contribution in [0.4, 0.5) is 0 Å². The molecule has 1 saturated heterocycles. The number of hydrogen-bond donors (Lipinski definition) is 3. The summed E-state index contributed by atoms with van der Waals surface area (Å²) in [4.78, 5) is 35.3. The van der Waals surface area contributed by atoms with Gasteiger partial charge < -0.3 is 5.32 Å². The molecular weight excluding hydrogens is 370 g/mol. The Morgan fingerprint density at radius 2 is 1.88 bits per heavy atom. The third-order valence-electron chi connectivity index (χ3n) is 3.68. The van der Waals surface area contributed by atoms with Crippen LogP contribution in [-0.4, -0.2) is 44.2 Å². The van der Waals surface area contributed by atoms with Crippen molar-refractivity contribution in [3.8, 4) is 0 Å². The molecule has 0 unspecified atom stereocenters. The fraction of sp³-hybridized carbons (Fsp3) is 0.400. The van der Waals surface area contributed by atoms with Crippen molar-refractivity contribution in [2.24, 2.45) is 5.92 Å². The molecule has 2 rings (SSSR count). The number of nitrogens with one attached hydrogen (secondary N) is 3. The van der Waals surface area contributed by atoms with Gasteiger partial charge in [-0.2, -0.15) is 0 Å². The second-order valence-electron chi connectivity index (χ2n) is 5.62. The molecule has 1 fully saturated rings. The second kappa shape index (κ2) is 8.30. The van der Waals surface area contributed by atoms with Crippen LogP contribution in [0.15, 0.2) is 24.3 Å². The Balaban J connectivity index is 1.68. The standard InChI is InChI=1S/C15H18ClN3O5S/c16-12-4-2-1-3-11(12)15(22)17-7-5-13(20)18-19-14(21)10-6-8-25(23,24)9-10/h1-4,10H,5-9H2,(H,17,22)(H,18,20)(H,19,21)/t10-/m1/s1. The Labute approximate surface area is 150 Å². The van der Waals surface area contributed by atoms with Gasteiger partial charge in [-0.15, -0.1) is 0 Å². The molecule has 0 saturated carbocycles. The lowest BCUT2D eigenvalue weighted by atomic mass is 10.1. The fourth-order valence-corrected chi connectivity index (χ4v) is 4.29. The van der Waals surface area contributed by atoms with Crippen LogP contribution in [0.1, 0.15) is 23.2 Å². The summed E-state index contributed by atoms with van der Waals surface area (Å²) in [5.74, 6) is -2.32. The van der Waals surface area contributed by atoms with Crippen molar-refractivity contribution in [2.75, 3.05) is 18.1 Å². The zero-order valence-corrected chi connectivity index (χ0v) is 14.8. The number of carbonyl (C=O) groups excluding carboxylic acids is 3. The Kier molecular flexibility index (Phi) is 6.38. The molecule has 0 aliphatic carbocycles. The highest BCUT2D eigenvalue weighted by atomic mass is 35.5. The van der Waals surface area contributed by atoms with Gasteiger partial charge >= 0.3 is 0 Å². The van der Waals surface area contributed by atoms with Crippen molar-refractivity contribution < 1.29 is 22.8 Å². The van der Waals surface area contributed by atoms with E-state index in [-0.39, 0.29) is 30.9 Å². The number of amides is 3. The SMILES string of the molecule is O=C(CCNC(=O)c1ccccc1Cl)NNC(=O)[C@@H]1CCS(=O)(=O)C1. The number of carbonyl (C=O) groups is 3. The number of hydrazine groups is 1. The van der Waals surface area contributed by atoms with Crippen molar-refractivity contribution >= 4 is 39.2 Å². The largest absolute Gasteiger partial charge is 0.351 e. The van der Waals surface area contributed by atoms with E-state index in [2.05, 4.69) is 16.2 Å². The van der Waals surface area contributed by atoms with Crippen LogP contribution in [0.5, 0.6) is 0 Å². The van der Waals surface area contributed by atoms with Crippen molar-refractivity contribution in [1.29, 1.82) is 0 Å². The summed E-state index contributed by atoms with van der Waals surface area (Å²) >= 11 is 5.90. The lowest BCUT2D eigenvalue weighted by Gasteiger charge is -2.11. The average molecular weight is 388 g/mol. The third kappa shape index (κ3) is 5.71. The second-order valence-corrected chi connectivity index (χ2v) is 8.26. The van der Waals surface area contributed by atoms with E-state index < -0.39 is 33.5 Å². The quantitative estimate of drug-likeness (QED) is 0.616. The first-order chi connectivity index (χ1) is 11.8. The Morgan fingerprint density at radius 1 is 1.16 bits per heavy atom. The van der Waals surface area contributed by atoms with Crippen molar-refractivity contribution in [2.45, 2.75) is 12.8 Å². The number of sulfone groups is 1. The summed E-state index contributed by atoms with van der Waals surface area (Å²) in [7, 11) is -3.16. The summed E-state index contributed by atoms with van der Waals surface area (Å²) in [6, 6.07) is 6.52. The predicted molar refractivity (Wildman–Crippen MR) is 91.4 cm³/mol. The summed E-state index contributed by atoms with van der Waals surface area (Å²) in [5.41, 5.74) is 4.71. The molecule has 8 nitrogen and oxygen atoms in total. The number of rotatable bonds is 5. The zero-order chi connectivity index (χ0) is 18.4. The van der Waals surface area contributed by atoms with E-state index in [1.165, 1.54) is 0 Å². The monoisotopic (exact) mass is 387 g/mol. The molecule has 10 heteroatoms. The number of hydrogen-bond acceptors (Lipinski definition) is 5. The highest BCUT2D eigenvalue weighted by Gasteiger charge is 2.33. The Hall–Kier alpha value is -2.13. The van der Waals surface area contributed by atoms with Gasteiger partial charge in [0.15, 0.2) is 9.84 Å². The molecular formula is C15H18ClN3O5S. The molecule has 3 N–H and O–H groups in total. The first-order valence-corrected chi connectivity index (χ1v) is 9.80. The van der Waals surface area contributed by atoms with Crippen LogP contribution in [0.2, 0.25) is 5.02 Å². The van der Waals surface area contributed by atoms with Crippen molar-refractivity contribution in [3.05, 3.63) is 34.9 Å². The van der Waals surface area contributed by atoms with Crippen LogP contribution in [0.3, 0.4) is 0 Å².